The van der Waals surface area contributed by atoms with E-state index >= 15 is 9.59 Å². The van der Waals surface area contributed by atoms with Crippen molar-refractivity contribution in [1.29, 1.82) is 0 Å². The number of carbonyl (C=O) groups is 4. The first kappa shape index (κ1) is 42.7. The summed E-state index contributed by atoms with van der Waals surface area (Å²) in [7, 11) is 4.75. The van der Waals surface area contributed by atoms with E-state index in [1.807, 2.05) is 72.8 Å². The first-order chi connectivity index (χ1) is 30.8. The number of imide groups is 2. The van der Waals surface area contributed by atoms with Gasteiger partial charge in [-0.2, -0.15) is 5.01 Å². The fraction of sp³-hybridized carbons (Fsp3) is 0.255. The minimum Gasteiger partial charge on any atom is -0.507 e. The number of rotatable bonds is 10. The van der Waals surface area contributed by atoms with Crippen LogP contribution in [0.3, 0.4) is 0 Å². The average molecular weight is 899 g/mol. The van der Waals surface area contributed by atoms with E-state index in [-0.39, 0.29) is 35.4 Å². The predicted octanol–water partition coefficient (Wildman–Crippen LogP) is 9.70. The lowest BCUT2D eigenvalue weighted by Gasteiger charge is -2.50. The summed E-state index contributed by atoms with van der Waals surface area (Å²) in [6.07, 6.45) is 6.18. The van der Waals surface area contributed by atoms with Crippen molar-refractivity contribution >= 4 is 70.4 Å². The third kappa shape index (κ3) is 6.80. The summed E-state index contributed by atoms with van der Waals surface area (Å²) in [4.78, 5) is 61.5. The first-order valence-electron chi connectivity index (χ1n) is 20.9. The van der Waals surface area contributed by atoms with Gasteiger partial charge in [-0.15, -0.1) is 0 Å². The van der Waals surface area contributed by atoms with Gasteiger partial charge in [0.2, 0.25) is 11.8 Å². The van der Waals surface area contributed by atoms with E-state index in [1.54, 1.807) is 71.6 Å². The van der Waals surface area contributed by atoms with Crippen LogP contribution in [0.4, 0.5) is 11.4 Å². The van der Waals surface area contributed by atoms with Crippen LogP contribution in [0.2, 0.25) is 10.0 Å². The number of fused-ring (bicyclic) bond motifs is 4. The molecule has 64 heavy (non-hydrogen) atoms. The van der Waals surface area contributed by atoms with E-state index in [2.05, 4.69) is 5.43 Å². The van der Waals surface area contributed by atoms with Gasteiger partial charge >= 0.3 is 0 Å². The molecule has 6 unspecified atom stereocenters. The molecule has 0 radical (unpaired) electrons. The van der Waals surface area contributed by atoms with Crippen molar-refractivity contribution in [2.24, 2.45) is 23.7 Å². The lowest BCUT2D eigenvalue weighted by molar-refractivity contribution is -0.138. The summed E-state index contributed by atoms with van der Waals surface area (Å²) in [5.74, 6) is -3.52. The van der Waals surface area contributed by atoms with Crippen LogP contribution in [0.5, 0.6) is 23.0 Å². The minimum atomic E-state index is -1.54. The highest BCUT2D eigenvalue weighted by Crippen LogP contribution is 2.64. The van der Waals surface area contributed by atoms with Gasteiger partial charge in [0.05, 0.1) is 60.9 Å². The van der Waals surface area contributed by atoms with E-state index in [0.29, 0.717) is 55.9 Å². The number of phenolic OH excluding ortho intramolecular Hbond substituents is 1. The number of nitrogens with one attached hydrogen (secondary N) is 1. The summed E-state index contributed by atoms with van der Waals surface area (Å²) < 4.78 is 16.4. The fourth-order valence-electron chi connectivity index (χ4n) is 10.5. The number of methoxy groups -OCH3 is 3. The Morgan fingerprint density at radius 1 is 0.750 bits per heavy atom. The van der Waals surface area contributed by atoms with Crippen molar-refractivity contribution in [2.75, 3.05) is 31.7 Å². The lowest BCUT2D eigenvalue weighted by atomic mass is 9.49. The lowest BCUT2D eigenvalue weighted by Crippen LogP contribution is -2.53. The van der Waals surface area contributed by atoms with Crippen molar-refractivity contribution in [2.45, 2.75) is 38.0 Å². The molecule has 2 heterocycles. The summed E-state index contributed by atoms with van der Waals surface area (Å²) in [5.41, 5.74) is 7.13. The van der Waals surface area contributed by atoms with Crippen molar-refractivity contribution < 1.29 is 38.5 Å². The molecule has 4 aliphatic rings. The largest absolute Gasteiger partial charge is 0.507 e. The van der Waals surface area contributed by atoms with Crippen molar-refractivity contribution in [3.05, 3.63) is 152 Å². The number of anilines is 2. The standard InChI is InChI=1S/C51H45Cl2N3O8/c1-27-22-31(23-28(2)46(27)57)45-37-18-19-38-44(49(60)55(47(38)58)34-13-7-29(8-14-34)6-9-30-24-36(63-4)17-21-43(30)64-5)39(37)26-40-48(59)56(54-42-20-12-33(52)25-41(42)53)50(61)51(40,45)32-10-15-35(62-3)16-11-32/h6-18,20-25,38-40,44-45,54,57H,19,26H2,1-5H3. The second-order valence-corrected chi connectivity index (χ2v) is 17.6. The molecular weight excluding hydrogens is 853 g/mol. The average Bonchev–Trinajstić information content (AvgIpc) is 3.68. The second-order valence-electron chi connectivity index (χ2n) is 16.8. The van der Waals surface area contributed by atoms with Crippen molar-refractivity contribution in [3.63, 3.8) is 0 Å². The van der Waals surface area contributed by atoms with Gasteiger partial charge in [0.1, 0.15) is 23.0 Å². The van der Waals surface area contributed by atoms with Gasteiger partial charge in [0, 0.05) is 16.5 Å². The molecule has 3 fully saturated rings. The molecule has 326 valence electrons. The summed E-state index contributed by atoms with van der Waals surface area (Å²) >= 11 is 12.8. The smallest absolute Gasteiger partial charge is 0.260 e. The van der Waals surface area contributed by atoms with Gasteiger partial charge in [-0.3, -0.25) is 29.5 Å². The van der Waals surface area contributed by atoms with E-state index < -0.39 is 46.8 Å². The maximum Gasteiger partial charge on any atom is 0.260 e. The molecule has 1 saturated carbocycles. The van der Waals surface area contributed by atoms with Crippen LogP contribution >= 0.6 is 23.2 Å². The predicted molar refractivity (Wildman–Crippen MR) is 246 cm³/mol. The molecule has 0 bridgehead atoms. The first-order valence-corrected chi connectivity index (χ1v) is 21.7. The fourth-order valence-corrected chi connectivity index (χ4v) is 11.0. The number of aryl methyl sites for hydroxylation is 2. The Morgan fingerprint density at radius 3 is 2.09 bits per heavy atom. The van der Waals surface area contributed by atoms with Gasteiger partial charge in [0.15, 0.2) is 0 Å². The van der Waals surface area contributed by atoms with Crippen LogP contribution in [0.15, 0.2) is 109 Å². The normalized spacial score (nSPS) is 23.8. The number of amides is 4. The Balaban J connectivity index is 1.13. The highest BCUT2D eigenvalue weighted by molar-refractivity contribution is 6.36. The number of hydrogen-bond donors (Lipinski definition) is 2. The molecule has 9 rings (SSSR count). The molecule has 5 aromatic carbocycles. The van der Waals surface area contributed by atoms with Crippen LogP contribution in [-0.4, -0.2) is 55.1 Å². The number of phenols is 1. The van der Waals surface area contributed by atoms with E-state index in [4.69, 9.17) is 37.4 Å². The molecule has 2 aliphatic heterocycles. The van der Waals surface area contributed by atoms with Gasteiger partial charge in [-0.1, -0.05) is 83.4 Å². The highest BCUT2D eigenvalue weighted by atomic mass is 35.5. The van der Waals surface area contributed by atoms with Crippen LogP contribution in [-0.2, 0) is 24.6 Å². The summed E-state index contributed by atoms with van der Waals surface area (Å²) in [6.45, 7) is 3.58. The molecule has 2 N–H and O–H groups in total. The molecule has 2 saturated heterocycles. The van der Waals surface area contributed by atoms with Gasteiger partial charge < -0.3 is 19.3 Å². The topological polar surface area (TPSA) is 135 Å². The third-order valence-electron chi connectivity index (χ3n) is 13.5. The maximum absolute atomic E-state index is 15.6. The van der Waals surface area contributed by atoms with Crippen LogP contribution in [0, 0.1) is 37.5 Å². The molecule has 2 aliphatic carbocycles. The van der Waals surface area contributed by atoms with Crippen molar-refractivity contribution in [3.8, 4) is 23.0 Å². The number of ether oxygens (including phenoxy) is 3. The Kier molecular flexibility index (Phi) is 11.0. The minimum absolute atomic E-state index is 0.104. The molecule has 5 aromatic rings. The second kappa shape index (κ2) is 16.5. The van der Waals surface area contributed by atoms with E-state index in [0.717, 1.165) is 21.7 Å². The zero-order valence-corrected chi connectivity index (χ0v) is 37.2. The molecule has 11 nitrogen and oxygen atoms in total. The Morgan fingerprint density at radius 2 is 1.44 bits per heavy atom. The van der Waals surface area contributed by atoms with E-state index in [9.17, 15) is 14.7 Å². The zero-order chi connectivity index (χ0) is 45.2. The number of allylic oxidation sites excluding steroid dienone is 2. The zero-order valence-electron chi connectivity index (χ0n) is 35.7. The number of benzene rings is 5. The molecule has 4 amide bonds. The summed E-state index contributed by atoms with van der Waals surface area (Å²) in [5, 5.41) is 12.6. The van der Waals surface area contributed by atoms with Gasteiger partial charge in [-0.05, 0) is 121 Å². The number of nitrogens with zero attached hydrogens (tertiary/aromatic N) is 2. The molecule has 0 aromatic heterocycles. The Hall–Kier alpha value is -6.56. The molecular formula is C51H45Cl2N3O8. The highest BCUT2D eigenvalue weighted by Gasteiger charge is 2.70. The molecule has 0 spiro atoms. The van der Waals surface area contributed by atoms with Crippen LogP contribution in [0.25, 0.3) is 12.2 Å². The van der Waals surface area contributed by atoms with Crippen LogP contribution in [0.1, 0.15) is 52.1 Å². The third-order valence-corrected chi connectivity index (χ3v) is 14.0. The monoisotopic (exact) mass is 897 g/mol. The quantitative estimate of drug-likeness (QED) is 0.0799. The number of aromatic hydroxyl groups is 1. The Labute approximate surface area is 380 Å². The SMILES string of the molecule is COc1ccc(C23C(=O)N(Nc4ccc(Cl)cc4Cl)C(=O)C2CC2C(=CCC4C(=O)N(c5ccc(C=Cc6cc(OC)ccc6OC)cc5)C(=O)C42)C3c2cc(C)c(O)c(C)c2)cc1. The maximum atomic E-state index is 15.6. The van der Waals surface area contributed by atoms with Crippen LogP contribution < -0.4 is 24.5 Å². The van der Waals surface area contributed by atoms with E-state index in [1.165, 1.54) is 11.0 Å². The number of halogens is 2. The number of hydrogen-bond acceptors (Lipinski definition) is 9. The van der Waals surface area contributed by atoms with Gasteiger partial charge in [-0.25, -0.2) is 0 Å². The van der Waals surface area contributed by atoms with Gasteiger partial charge in [0.25, 0.3) is 11.8 Å². The molecule has 13 heteroatoms. The summed E-state index contributed by atoms with van der Waals surface area (Å²) in [6, 6.07) is 28.3. The number of carbonyl (C=O) groups excluding carboxylic acids is 4. The number of hydrazine groups is 1. The van der Waals surface area contributed by atoms with Crippen molar-refractivity contribution in [1.82, 2.24) is 5.01 Å². The molecule has 6 atom stereocenters. The Bertz CT molecular complexity index is 2780.